The third-order valence-electron chi connectivity index (χ3n) is 6.47. The summed E-state index contributed by atoms with van der Waals surface area (Å²) in [5.41, 5.74) is 4.56. The molecule has 0 spiro atoms. The summed E-state index contributed by atoms with van der Waals surface area (Å²) >= 11 is 0. The van der Waals surface area contributed by atoms with Crippen molar-refractivity contribution in [2.24, 2.45) is 0 Å². The van der Waals surface area contributed by atoms with Crippen LogP contribution in [0, 0.1) is 0 Å². The quantitative estimate of drug-likeness (QED) is 0.397. The van der Waals surface area contributed by atoms with E-state index in [2.05, 4.69) is 121 Å². The molecule has 0 atom stereocenters. The van der Waals surface area contributed by atoms with Crippen LogP contribution in [0.2, 0.25) is 0 Å². The van der Waals surface area contributed by atoms with Crippen LogP contribution in [0.5, 0.6) is 11.5 Å². The number of phenols is 2. The molecule has 0 unspecified atom stereocenters. The van der Waals surface area contributed by atoms with Gasteiger partial charge in [0.1, 0.15) is 11.5 Å². The first-order valence-corrected chi connectivity index (χ1v) is 14.7. The Bertz CT molecular complexity index is 999. The number of rotatable bonds is 4. The molecule has 2 rings (SSSR count). The molecule has 2 nitrogen and oxygen atoms in total. The summed E-state index contributed by atoms with van der Waals surface area (Å²) in [6.45, 7) is 30.4. The van der Waals surface area contributed by atoms with Gasteiger partial charge in [-0.1, -0.05) is 117 Å². The van der Waals surface area contributed by atoms with E-state index in [4.69, 9.17) is 0 Å². The van der Waals surface area contributed by atoms with Crippen molar-refractivity contribution in [1.82, 2.24) is 0 Å². The van der Waals surface area contributed by atoms with Gasteiger partial charge in [0.25, 0.3) is 0 Å². The lowest BCUT2D eigenvalue weighted by molar-refractivity contribution is 0.421. The highest BCUT2D eigenvalue weighted by atomic mass is 33.1. The van der Waals surface area contributed by atoms with E-state index >= 15 is 0 Å². The fourth-order valence-electron chi connectivity index (χ4n) is 4.13. The van der Waals surface area contributed by atoms with Gasteiger partial charge in [-0.05, 0) is 64.3 Å². The fraction of sp³-hybridized carbons (Fsp3) is 0.613. The van der Waals surface area contributed by atoms with Crippen LogP contribution in [-0.2, 0) is 26.4 Å². The Labute approximate surface area is 223 Å². The minimum atomic E-state index is -0.194. The SMILES string of the molecule is CC(C)(C)c1cc(SSC(C)(C)c2cc(C(C)(C)C)c(O)c(C(C)(C)C)c2)cc(C(C)(C)C)c1O. The van der Waals surface area contributed by atoms with Gasteiger partial charge in [-0.2, -0.15) is 0 Å². The zero-order chi connectivity index (χ0) is 27.4. The molecule has 0 radical (unpaired) electrons. The summed E-state index contributed by atoms with van der Waals surface area (Å²) in [7, 11) is 3.59. The molecule has 0 fully saturated rings. The highest BCUT2D eigenvalue weighted by Gasteiger charge is 2.32. The zero-order valence-electron chi connectivity index (χ0n) is 24.5. The predicted octanol–water partition coefficient (Wildman–Crippen LogP) is 9.96. The highest BCUT2D eigenvalue weighted by Crippen LogP contribution is 2.51. The Morgan fingerprint density at radius 1 is 0.486 bits per heavy atom. The van der Waals surface area contributed by atoms with Crippen molar-refractivity contribution in [3.8, 4) is 11.5 Å². The van der Waals surface area contributed by atoms with Gasteiger partial charge in [-0.15, -0.1) is 0 Å². The number of benzene rings is 2. The monoisotopic (exact) mass is 516 g/mol. The first kappa shape index (κ1) is 30.0. The van der Waals surface area contributed by atoms with E-state index in [0.29, 0.717) is 11.5 Å². The van der Waals surface area contributed by atoms with Crippen molar-refractivity contribution in [1.29, 1.82) is 0 Å². The normalized spacial score (nSPS) is 13.9. The van der Waals surface area contributed by atoms with Crippen LogP contribution in [0.3, 0.4) is 0 Å². The second-order valence-electron chi connectivity index (χ2n) is 14.5. The summed E-state index contributed by atoms with van der Waals surface area (Å²) in [6.07, 6.45) is 0. The highest BCUT2D eigenvalue weighted by molar-refractivity contribution is 8.77. The van der Waals surface area contributed by atoms with Gasteiger partial charge in [0.15, 0.2) is 0 Å². The van der Waals surface area contributed by atoms with E-state index in [1.165, 1.54) is 5.56 Å². The van der Waals surface area contributed by atoms with Gasteiger partial charge in [-0.3, -0.25) is 0 Å². The third-order valence-corrected chi connectivity index (χ3v) is 9.71. The van der Waals surface area contributed by atoms with Crippen molar-refractivity contribution in [2.45, 2.75) is 128 Å². The molecule has 35 heavy (non-hydrogen) atoms. The van der Waals surface area contributed by atoms with Gasteiger partial charge in [0.05, 0.1) is 0 Å². The fourth-order valence-corrected chi connectivity index (χ4v) is 6.47. The van der Waals surface area contributed by atoms with Crippen LogP contribution >= 0.6 is 21.6 Å². The van der Waals surface area contributed by atoms with Gasteiger partial charge in [-0.25, -0.2) is 0 Å². The largest absolute Gasteiger partial charge is 0.507 e. The molecule has 2 aromatic rings. The lowest BCUT2D eigenvalue weighted by Gasteiger charge is -2.32. The topological polar surface area (TPSA) is 40.5 Å². The van der Waals surface area contributed by atoms with Crippen molar-refractivity contribution in [2.75, 3.05) is 0 Å². The summed E-state index contributed by atoms with van der Waals surface area (Å²) in [5.74, 6) is 0.840. The Kier molecular flexibility index (Phi) is 8.18. The van der Waals surface area contributed by atoms with Gasteiger partial charge in [0, 0.05) is 20.8 Å². The second kappa shape index (κ2) is 9.56. The smallest absolute Gasteiger partial charge is 0.123 e. The molecular weight excluding hydrogens is 468 g/mol. The minimum absolute atomic E-state index is 0.152. The molecular formula is C31H48O2S2. The van der Waals surface area contributed by atoms with E-state index in [-0.39, 0.29) is 26.4 Å². The van der Waals surface area contributed by atoms with Crippen molar-refractivity contribution in [3.05, 3.63) is 52.1 Å². The van der Waals surface area contributed by atoms with E-state index in [1.54, 1.807) is 10.8 Å². The molecule has 2 N–H and O–H groups in total. The van der Waals surface area contributed by atoms with Crippen LogP contribution in [-0.4, -0.2) is 10.2 Å². The molecule has 0 aliphatic heterocycles. The molecule has 196 valence electrons. The molecule has 0 amide bonds. The number of hydrogen-bond acceptors (Lipinski definition) is 4. The number of hydrogen-bond donors (Lipinski definition) is 2. The van der Waals surface area contributed by atoms with Crippen LogP contribution in [0.15, 0.2) is 29.2 Å². The molecule has 2 aromatic carbocycles. The van der Waals surface area contributed by atoms with E-state index in [0.717, 1.165) is 27.1 Å². The Morgan fingerprint density at radius 2 is 0.771 bits per heavy atom. The molecule has 0 bridgehead atoms. The van der Waals surface area contributed by atoms with Crippen LogP contribution < -0.4 is 0 Å². The Morgan fingerprint density at radius 3 is 1.06 bits per heavy atom. The lowest BCUT2D eigenvalue weighted by atomic mass is 9.77. The minimum Gasteiger partial charge on any atom is -0.507 e. The number of aromatic hydroxyl groups is 2. The second-order valence-corrected chi connectivity index (χ2v) is 17.3. The molecule has 4 heteroatoms. The summed E-state index contributed by atoms with van der Waals surface area (Å²) in [5, 5.41) is 22.3. The average Bonchev–Trinajstić information content (AvgIpc) is 2.63. The molecule has 0 aliphatic carbocycles. The van der Waals surface area contributed by atoms with Crippen molar-refractivity contribution < 1.29 is 10.2 Å². The predicted molar refractivity (Wildman–Crippen MR) is 157 cm³/mol. The first-order chi connectivity index (χ1) is 15.5. The van der Waals surface area contributed by atoms with Gasteiger partial charge < -0.3 is 10.2 Å². The Balaban J connectivity index is 2.56. The molecule has 0 heterocycles. The summed E-state index contributed by atoms with van der Waals surface area (Å²) < 4.78 is -0.194. The van der Waals surface area contributed by atoms with Crippen molar-refractivity contribution in [3.63, 3.8) is 0 Å². The van der Waals surface area contributed by atoms with E-state index in [1.807, 2.05) is 10.8 Å². The average molecular weight is 517 g/mol. The van der Waals surface area contributed by atoms with Crippen LogP contribution in [0.25, 0.3) is 0 Å². The molecule has 0 aromatic heterocycles. The first-order valence-electron chi connectivity index (χ1n) is 12.6. The maximum atomic E-state index is 11.2. The van der Waals surface area contributed by atoms with E-state index < -0.39 is 0 Å². The number of phenolic OH excluding ortho intramolecular Hbond substituents is 2. The summed E-state index contributed by atoms with van der Waals surface area (Å²) in [6, 6.07) is 8.68. The molecule has 0 saturated heterocycles. The molecule has 0 saturated carbocycles. The van der Waals surface area contributed by atoms with E-state index in [9.17, 15) is 10.2 Å². The standard InChI is InChI=1S/C31H48O2S2/c1-27(2,3)21-15-19(16-22(25(21)32)28(4,5)6)31(13,14)35-34-20-17-23(29(7,8)9)26(33)24(18-20)30(10,11)12/h15-18,32-33H,1-14H3. The van der Waals surface area contributed by atoms with Crippen LogP contribution in [0.1, 0.15) is 125 Å². The van der Waals surface area contributed by atoms with Crippen LogP contribution in [0.4, 0.5) is 0 Å². The van der Waals surface area contributed by atoms with Crippen molar-refractivity contribution >= 4 is 21.6 Å². The lowest BCUT2D eigenvalue weighted by Crippen LogP contribution is -2.21. The maximum Gasteiger partial charge on any atom is 0.123 e. The molecule has 0 aliphatic rings. The zero-order valence-corrected chi connectivity index (χ0v) is 26.2. The Hall–Kier alpha value is -1.26. The third kappa shape index (κ3) is 6.95. The summed E-state index contributed by atoms with van der Waals surface area (Å²) in [4.78, 5) is 1.15. The maximum absolute atomic E-state index is 11.2. The van der Waals surface area contributed by atoms with Gasteiger partial charge in [0.2, 0.25) is 0 Å². The van der Waals surface area contributed by atoms with Gasteiger partial charge >= 0.3 is 0 Å².